The average molecular weight is 470 g/mol. The Labute approximate surface area is 184 Å². The monoisotopic (exact) mass is 469 g/mol. The number of hydrogen-bond donors (Lipinski definition) is 1. The van der Waals surface area contributed by atoms with Crippen LogP contribution in [0.25, 0.3) is 5.69 Å². The highest BCUT2D eigenvalue weighted by Gasteiger charge is 2.09. The van der Waals surface area contributed by atoms with Crippen molar-refractivity contribution in [2.75, 3.05) is 5.75 Å². The molecule has 4 nitrogen and oxygen atoms in total. The third kappa shape index (κ3) is 5.84. The predicted molar refractivity (Wildman–Crippen MR) is 126 cm³/mol. The summed E-state index contributed by atoms with van der Waals surface area (Å²) in [5.74, 6) is 1.05. The van der Waals surface area contributed by atoms with Crippen molar-refractivity contribution in [3.63, 3.8) is 0 Å². The fraction of sp³-hybridized carbons (Fsp3) is 0.217. The van der Waals surface area contributed by atoms with Gasteiger partial charge in [-0.2, -0.15) is 5.10 Å². The van der Waals surface area contributed by atoms with Crippen molar-refractivity contribution in [3.8, 4) is 5.69 Å². The number of benzene rings is 2. The van der Waals surface area contributed by atoms with Crippen molar-refractivity contribution in [1.29, 1.82) is 0 Å². The molecule has 1 N–H and O–H groups in total. The van der Waals surface area contributed by atoms with Crippen LogP contribution in [0.4, 0.5) is 0 Å². The molecule has 0 aliphatic carbocycles. The van der Waals surface area contributed by atoms with Gasteiger partial charge in [0.2, 0.25) is 5.91 Å². The third-order valence-corrected chi connectivity index (χ3v) is 6.04. The molecule has 0 unspecified atom stereocenters. The summed E-state index contributed by atoms with van der Waals surface area (Å²) in [5.41, 5.74) is 9.38. The number of carbonyl (C=O) groups is 1. The molecule has 0 aliphatic heterocycles. The minimum Gasteiger partial charge on any atom is -0.318 e. The summed E-state index contributed by atoms with van der Waals surface area (Å²) in [6, 6.07) is 18.6. The molecule has 3 aromatic rings. The van der Waals surface area contributed by atoms with Gasteiger partial charge < -0.3 is 4.57 Å². The van der Waals surface area contributed by atoms with E-state index in [0.29, 0.717) is 5.75 Å². The molecule has 6 heteroatoms. The summed E-state index contributed by atoms with van der Waals surface area (Å²) in [6.07, 6.45) is 1.71. The van der Waals surface area contributed by atoms with Crippen molar-refractivity contribution in [3.05, 3.63) is 87.1 Å². The molecule has 1 aromatic heterocycles. The Morgan fingerprint density at radius 2 is 1.90 bits per heavy atom. The molecule has 0 bridgehead atoms. The highest BCUT2D eigenvalue weighted by atomic mass is 79.9. The molecule has 0 spiro atoms. The predicted octanol–water partition coefficient (Wildman–Crippen LogP) is 5.55. The second-order valence-corrected chi connectivity index (χ2v) is 8.81. The number of hydrogen-bond acceptors (Lipinski definition) is 3. The summed E-state index contributed by atoms with van der Waals surface area (Å²) in [7, 11) is 0. The van der Waals surface area contributed by atoms with E-state index in [1.807, 2.05) is 12.1 Å². The molecule has 0 saturated heterocycles. The summed E-state index contributed by atoms with van der Waals surface area (Å²) >= 11 is 5.03. The minimum absolute atomic E-state index is 0.103. The van der Waals surface area contributed by atoms with E-state index in [2.05, 4.69) is 94.3 Å². The van der Waals surface area contributed by atoms with E-state index < -0.39 is 0 Å². The number of nitrogens with one attached hydrogen (secondary N) is 1. The number of thioether (sulfide) groups is 1. The van der Waals surface area contributed by atoms with Crippen LogP contribution in [-0.2, 0) is 10.5 Å². The highest BCUT2D eigenvalue weighted by Crippen LogP contribution is 2.20. The van der Waals surface area contributed by atoms with Gasteiger partial charge in [-0.15, -0.1) is 11.8 Å². The zero-order chi connectivity index (χ0) is 20.8. The second-order valence-electron chi connectivity index (χ2n) is 6.91. The van der Waals surface area contributed by atoms with Gasteiger partial charge in [0.25, 0.3) is 0 Å². The van der Waals surface area contributed by atoms with Crippen molar-refractivity contribution in [2.45, 2.75) is 26.5 Å². The van der Waals surface area contributed by atoms with Crippen LogP contribution < -0.4 is 5.43 Å². The lowest BCUT2D eigenvalue weighted by molar-refractivity contribution is -0.118. The number of nitrogens with zero attached hydrogens (tertiary/aromatic N) is 2. The van der Waals surface area contributed by atoms with Crippen LogP contribution in [0.3, 0.4) is 0 Å². The maximum atomic E-state index is 12.0. The van der Waals surface area contributed by atoms with Crippen LogP contribution in [0.1, 0.15) is 28.1 Å². The largest absolute Gasteiger partial charge is 0.318 e. The Hall–Kier alpha value is -2.31. The van der Waals surface area contributed by atoms with Crippen LogP contribution in [0, 0.1) is 20.8 Å². The standard InChI is InChI=1S/C23H24BrN3OS/c1-16-7-9-22(10-8-16)27-17(2)11-20(18(27)3)13-25-26-23(28)15-29-14-19-5-4-6-21(24)12-19/h4-13H,14-15H2,1-3H3,(H,26,28)/b25-13-. The van der Waals surface area contributed by atoms with E-state index in [1.54, 1.807) is 18.0 Å². The first-order valence-electron chi connectivity index (χ1n) is 9.34. The molecule has 3 rings (SSSR count). The number of aryl methyl sites for hydroxylation is 2. The zero-order valence-electron chi connectivity index (χ0n) is 16.8. The summed E-state index contributed by atoms with van der Waals surface area (Å²) < 4.78 is 3.24. The Morgan fingerprint density at radius 1 is 1.14 bits per heavy atom. The molecule has 0 saturated carbocycles. The van der Waals surface area contributed by atoms with E-state index in [9.17, 15) is 4.79 Å². The number of aromatic nitrogens is 1. The third-order valence-electron chi connectivity index (χ3n) is 4.55. The van der Waals surface area contributed by atoms with Crippen LogP contribution in [0.15, 0.2) is 64.2 Å². The number of carbonyl (C=O) groups excluding carboxylic acids is 1. The molecule has 0 radical (unpaired) electrons. The molecular formula is C23H24BrN3OS. The molecule has 0 aliphatic rings. The van der Waals surface area contributed by atoms with E-state index in [4.69, 9.17) is 0 Å². The Balaban J connectivity index is 1.55. The van der Waals surface area contributed by atoms with E-state index >= 15 is 0 Å². The van der Waals surface area contributed by atoms with Crippen LogP contribution in [-0.4, -0.2) is 22.4 Å². The van der Waals surface area contributed by atoms with Gasteiger partial charge in [0.15, 0.2) is 0 Å². The SMILES string of the molecule is Cc1ccc(-n2c(C)cc(/C=N\NC(=O)CSCc3cccc(Br)c3)c2C)cc1. The molecule has 1 amide bonds. The molecule has 29 heavy (non-hydrogen) atoms. The molecular weight excluding hydrogens is 446 g/mol. The van der Waals surface area contributed by atoms with Crippen molar-refractivity contribution >= 4 is 39.8 Å². The van der Waals surface area contributed by atoms with Gasteiger partial charge in [0.05, 0.1) is 12.0 Å². The topological polar surface area (TPSA) is 46.4 Å². The fourth-order valence-corrected chi connectivity index (χ4v) is 4.32. The first-order chi connectivity index (χ1) is 13.9. The van der Waals surface area contributed by atoms with Gasteiger partial charge in [-0.1, -0.05) is 45.8 Å². The Morgan fingerprint density at radius 3 is 2.62 bits per heavy atom. The van der Waals surface area contributed by atoms with Gasteiger partial charge in [0, 0.05) is 32.9 Å². The molecule has 150 valence electrons. The van der Waals surface area contributed by atoms with Gasteiger partial charge in [-0.05, 0) is 56.7 Å². The average Bonchev–Trinajstić information content (AvgIpc) is 2.96. The van der Waals surface area contributed by atoms with E-state index in [1.165, 1.54) is 11.1 Å². The smallest absolute Gasteiger partial charge is 0.250 e. The maximum absolute atomic E-state index is 12.0. The van der Waals surface area contributed by atoms with Crippen molar-refractivity contribution in [1.82, 2.24) is 9.99 Å². The number of rotatable bonds is 7. The van der Waals surface area contributed by atoms with E-state index in [-0.39, 0.29) is 5.91 Å². The van der Waals surface area contributed by atoms with Gasteiger partial charge in [0.1, 0.15) is 0 Å². The maximum Gasteiger partial charge on any atom is 0.250 e. The van der Waals surface area contributed by atoms with Crippen LogP contribution in [0.2, 0.25) is 0 Å². The highest BCUT2D eigenvalue weighted by molar-refractivity contribution is 9.10. The lowest BCUT2D eigenvalue weighted by Crippen LogP contribution is -2.19. The molecule has 0 atom stereocenters. The normalized spacial score (nSPS) is 11.2. The van der Waals surface area contributed by atoms with Crippen LogP contribution in [0.5, 0.6) is 0 Å². The fourth-order valence-electron chi connectivity index (χ4n) is 3.10. The molecule has 1 heterocycles. The Bertz CT molecular complexity index is 1030. The zero-order valence-corrected chi connectivity index (χ0v) is 19.2. The number of hydrazone groups is 1. The van der Waals surface area contributed by atoms with E-state index in [0.717, 1.165) is 32.9 Å². The first kappa shape index (κ1) is 21.4. The summed E-state index contributed by atoms with van der Waals surface area (Å²) in [5, 5.41) is 4.15. The summed E-state index contributed by atoms with van der Waals surface area (Å²) in [6.45, 7) is 6.21. The van der Waals surface area contributed by atoms with Crippen LogP contribution >= 0.6 is 27.7 Å². The van der Waals surface area contributed by atoms with Crippen molar-refractivity contribution < 1.29 is 4.79 Å². The second kappa shape index (κ2) is 9.94. The number of halogens is 1. The molecule has 0 fully saturated rings. The first-order valence-corrected chi connectivity index (χ1v) is 11.3. The quantitative estimate of drug-likeness (QED) is 0.364. The van der Waals surface area contributed by atoms with Gasteiger partial charge >= 0.3 is 0 Å². The number of amides is 1. The van der Waals surface area contributed by atoms with Crippen molar-refractivity contribution in [2.24, 2.45) is 5.10 Å². The molecule has 2 aromatic carbocycles. The van der Waals surface area contributed by atoms with Gasteiger partial charge in [-0.25, -0.2) is 5.43 Å². The summed E-state index contributed by atoms with van der Waals surface area (Å²) in [4.78, 5) is 12.0. The lowest BCUT2D eigenvalue weighted by atomic mass is 10.2. The van der Waals surface area contributed by atoms with Gasteiger partial charge in [-0.3, -0.25) is 4.79 Å². The lowest BCUT2D eigenvalue weighted by Gasteiger charge is -2.09. The Kier molecular flexibility index (Phi) is 7.34. The minimum atomic E-state index is -0.103.